The van der Waals surface area contributed by atoms with Crippen molar-refractivity contribution in [2.24, 2.45) is 0 Å². The molecule has 0 amide bonds. The summed E-state index contributed by atoms with van der Waals surface area (Å²) in [6, 6.07) is 14.4. The van der Waals surface area contributed by atoms with E-state index in [9.17, 15) is 21.4 Å². The van der Waals surface area contributed by atoms with Crippen molar-refractivity contribution in [2.45, 2.75) is 64.2 Å². The summed E-state index contributed by atoms with van der Waals surface area (Å²) in [5, 5.41) is 0. The van der Waals surface area contributed by atoms with E-state index < -0.39 is 20.2 Å². The number of rotatable bonds is 12. The molecule has 0 unspecified atom stereocenters. The second-order valence-electron chi connectivity index (χ2n) is 12.0. The molecule has 2 aromatic rings. The summed E-state index contributed by atoms with van der Waals surface area (Å²) < 4.78 is 68.3. The summed E-state index contributed by atoms with van der Waals surface area (Å²) in [7, 11) is -8.25. The van der Waals surface area contributed by atoms with Gasteiger partial charge in [-0.2, -0.15) is 13.0 Å². The molecular weight excluding hydrogens is 640 g/mol. The highest BCUT2D eigenvalue weighted by Crippen LogP contribution is 2.49. The minimum absolute atomic E-state index is 0.258. The number of halogens is 1. The second kappa shape index (κ2) is 12.4. The average Bonchev–Trinajstić information content (AvgIpc) is 3.22. The molecule has 0 saturated heterocycles. The predicted molar refractivity (Wildman–Crippen MR) is 170 cm³/mol. The SMILES string of the molecule is CC1(C)C(/C=C/C=C2\N(CCCCS(=O)(=O)[O-])c3ccc(Br)cc3C2(C)C)=[N+](CCCCS(=O)(=O)O)c2ccccc21. The van der Waals surface area contributed by atoms with Gasteiger partial charge in [-0.15, -0.1) is 0 Å². The van der Waals surface area contributed by atoms with Crippen LogP contribution in [0.2, 0.25) is 0 Å². The molecule has 0 atom stereocenters. The van der Waals surface area contributed by atoms with Crippen molar-refractivity contribution in [1.29, 1.82) is 0 Å². The Bertz CT molecular complexity index is 1660. The van der Waals surface area contributed by atoms with Gasteiger partial charge in [0.25, 0.3) is 10.1 Å². The zero-order valence-corrected chi connectivity index (χ0v) is 27.7. The van der Waals surface area contributed by atoms with Gasteiger partial charge in [0.1, 0.15) is 6.54 Å². The molecule has 228 valence electrons. The Balaban J connectivity index is 1.67. The van der Waals surface area contributed by atoms with Crippen molar-refractivity contribution in [3.8, 4) is 0 Å². The Labute approximate surface area is 258 Å². The Hall–Kier alpha value is -2.31. The lowest BCUT2D eigenvalue weighted by Gasteiger charge is -2.27. The number of unbranched alkanes of at least 4 members (excludes halogenated alkanes) is 2. The van der Waals surface area contributed by atoms with Crippen LogP contribution in [0, 0.1) is 0 Å². The standard InChI is InChI=1S/C31H39BrN2O6S2/c1-30(2)24-12-5-6-13-26(24)33(18-7-9-20-41(35,36)37)28(30)14-11-15-29-31(3,4)25-22-23(32)16-17-27(25)34(29)19-8-10-21-42(38,39)40/h5-6,11-17,22H,7-10,18-21H2,1-4H3,(H-,35,36,37,38,39,40). The van der Waals surface area contributed by atoms with E-state index in [0.717, 1.165) is 32.8 Å². The fourth-order valence-electron chi connectivity index (χ4n) is 6.10. The molecule has 0 radical (unpaired) electrons. The Morgan fingerprint density at radius 1 is 0.929 bits per heavy atom. The van der Waals surface area contributed by atoms with E-state index in [2.05, 4.69) is 95.6 Å². The first-order valence-corrected chi connectivity index (χ1v) is 18.1. The van der Waals surface area contributed by atoms with Crippen LogP contribution >= 0.6 is 15.9 Å². The number of fused-ring (bicyclic) bond motifs is 2. The van der Waals surface area contributed by atoms with Gasteiger partial charge in [0.15, 0.2) is 5.71 Å². The molecule has 1 N–H and O–H groups in total. The van der Waals surface area contributed by atoms with Crippen molar-refractivity contribution >= 4 is 53.3 Å². The first-order chi connectivity index (χ1) is 19.5. The van der Waals surface area contributed by atoms with Crippen LogP contribution in [0.25, 0.3) is 0 Å². The van der Waals surface area contributed by atoms with Crippen molar-refractivity contribution in [3.63, 3.8) is 0 Å². The molecule has 0 bridgehead atoms. The normalized spacial score (nSPS) is 18.7. The molecule has 2 aromatic carbocycles. The lowest BCUT2D eigenvalue weighted by atomic mass is 9.81. The summed E-state index contributed by atoms with van der Waals surface area (Å²) in [4.78, 5) is 2.22. The van der Waals surface area contributed by atoms with E-state index >= 15 is 0 Å². The number of nitrogens with zero attached hydrogens (tertiary/aromatic N) is 2. The third-order valence-electron chi connectivity index (χ3n) is 8.22. The number of anilines is 1. The largest absolute Gasteiger partial charge is 0.748 e. The fourth-order valence-corrected chi connectivity index (χ4v) is 7.59. The quantitative estimate of drug-likeness (QED) is 0.165. The van der Waals surface area contributed by atoms with Gasteiger partial charge in [0, 0.05) is 57.7 Å². The molecule has 2 heterocycles. The minimum atomic E-state index is -4.25. The van der Waals surface area contributed by atoms with E-state index in [1.54, 1.807) is 0 Å². The fraction of sp³-hybridized carbons (Fsp3) is 0.452. The molecule has 0 aliphatic carbocycles. The van der Waals surface area contributed by atoms with Gasteiger partial charge >= 0.3 is 0 Å². The maximum Gasteiger partial charge on any atom is 0.264 e. The number of hydrogen-bond acceptors (Lipinski definition) is 6. The Morgan fingerprint density at radius 2 is 1.62 bits per heavy atom. The van der Waals surface area contributed by atoms with E-state index in [4.69, 9.17) is 4.55 Å². The third-order valence-corrected chi connectivity index (χ3v) is 10.3. The number of hydrogen-bond donors (Lipinski definition) is 1. The zero-order chi connectivity index (χ0) is 30.9. The lowest BCUT2D eigenvalue weighted by molar-refractivity contribution is -0.438. The van der Waals surface area contributed by atoms with Crippen LogP contribution in [-0.2, 0) is 31.1 Å². The summed E-state index contributed by atoms with van der Waals surface area (Å²) >= 11 is 3.60. The van der Waals surface area contributed by atoms with Crippen LogP contribution in [0.1, 0.15) is 64.5 Å². The molecule has 0 spiro atoms. The smallest absolute Gasteiger partial charge is 0.264 e. The molecule has 8 nitrogen and oxygen atoms in total. The van der Waals surface area contributed by atoms with Crippen LogP contribution in [0.3, 0.4) is 0 Å². The van der Waals surface area contributed by atoms with Gasteiger partial charge in [-0.3, -0.25) is 4.55 Å². The van der Waals surface area contributed by atoms with Crippen LogP contribution in [0.5, 0.6) is 0 Å². The lowest BCUT2D eigenvalue weighted by Crippen LogP contribution is -2.28. The number of para-hydroxylation sites is 1. The second-order valence-corrected chi connectivity index (χ2v) is 16.0. The molecule has 4 rings (SSSR count). The van der Waals surface area contributed by atoms with E-state index in [-0.39, 0.29) is 22.3 Å². The van der Waals surface area contributed by atoms with Crippen LogP contribution in [0.15, 0.2) is 70.9 Å². The average molecular weight is 680 g/mol. The van der Waals surface area contributed by atoms with Crippen LogP contribution in [-0.4, -0.2) is 60.8 Å². The number of allylic oxidation sites excluding steroid dienone is 4. The van der Waals surface area contributed by atoms with E-state index in [0.29, 0.717) is 38.8 Å². The van der Waals surface area contributed by atoms with Crippen molar-refractivity contribution < 1.29 is 30.5 Å². The van der Waals surface area contributed by atoms with Gasteiger partial charge in [0.2, 0.25) is 5.69 Å². The topological polar surface area (TPSA) is 118 Å². The first kappa shape index (κ1) is 32.6. The highest BCUT2D eigenvalue weighted by molar-refractivity contribution is 9.10. The van der Waals surface area contributed by atoms with Crippen molar-refractivity contribution in [1.82, 2.24) is 0 Å². The molecular formula is C31H39BrN2O6S2. The van der Waals surface area contributed by atoms with Crippen molar-refractivity contribution in [3.05, 3.63) is 82.0 Å². The van der Waals surface area contributed by atoms with Gasteiger partial charge in [-0.05, 0) is 62.9 Å². The van der Waals surface area contributed by atoms with Crippen LogP contribution < -0.4 is 4.90 Å². The van der Waals surface area contributed by atoms with Crippen LogP contribution in [0.4, 0.5) is 11.4 Å². The molecule has 2 aliphatic rings. The Kier molecular flexibility index (Phi) is 9.59. The molecule has 2 aliphatic heterocycles. The molecule has 0 aromatic heterocycles. The molecule has 11 heteroatoms. The van der Waals surface area contributed by atoms with E-state index in [1.807, 2.05) is 18.2 Å². The summed E-state index contributed by atoms with van der Waals surface area (Å²) in [5.74, 6) is -0.629. The highest BCUT2D eigenvalue weighted by atomic mass is 79.9. The number of benzene rings is 2. The molecule has 0 fully saturated rings. The Morgan fingerprint density at radius 3 is 2.31 bits per heavy atom. The summed E-state index contributed by atoms with van der Waals surface area (Å²) in [6.45, 7) is 9.90. The highest BCUT2D eigenvalue weighted by Gasteiger charge is 2.44. The third kappa shape index (κ3) is 7.24. The van der Waals surface area contributed by atoms with Crippen molar-refractivity contribution in [2.75, 3.05) is 29.5 Å². The van der Waals surface area contributed by atoms with E-state index in [1.165, 1.54) is 5.56 Å². The summed E-state index contributed by atoms with van der Waals surface area (Å²) in [5.41, 5.74) is 6.08. The summed E-state index contributed by atoms with van der Waals surface area (Å²) in [6.07, 6.45) is 8.12. The molecule has 42 heavy (non-hydrogen) atoms. The maximum atomic E-state index is 11.2. The maximum absolute atomic E-state index is 11.2. The predicted octanol–water partition coefficient (Wildman–Crippen LogP) is 6.06. The zero-order valence-electron chi connectivity index (χ0n) is 24.5. The van der Waals surface area contributed by atoms with Gasteiger partial charge in [-0.25, -0.2) is 8.42 Å². The first-order valence-electron chi connectivity index (χ1n) is 14.1. The monoisotopic (exact) mass is 678 g/mol. The molecule has 0 saturated carbocycles. The van der Waals surface area contributed by atoms with Gasteiger partial charge in [-0.1, -0.05) is 54.1 Å². The van der Waals surface area contributed by atoms with Gasteiger partial charge in [0.05, 0.1) is 21.3 Å². The minimum Gasteiger partial charge on any atom is -0.748 e. The van der Waals surface area contributed by atoms with Gasteiger partial charge < -0.3 is 9.45 Å².